The third-order valence-electron chi connectivity index (χ3n) is 3.82. The molecule has 0 heterocycles. The molecular formula is C15H23NO2. The van der Waals surface area contributed by atoms with Gasteiger partial charge in [-0.3, -0.25) is 0 Å². The second-order valence-electron chi connectivity index (χ2n) is 5.84. The monoisotopic (exact) mass is 249 g/mol. The Kier molecular flexibility index (Phi) is 3.64. The van der Waals surface area contributed by atoms with Crippen molar-refractivity contribution < 1.29 is 9.84 Å². The first-order valence-corrected chi connectivity index (χ1v) is 6.53. The second-order valence-corrected chi connectivity index (χ2v) is 5.84. The zero-order valence-corrected chi connectivity index (χ0v) is 11.7. The molecule has 1 aromatic rings. The molecule has 100 valence electrons. The van der Waals surface area contributed by atoms with Gasteiger partial charge >= 0.3 is 0 Å². The van der Waals surface area contributed by atoms with Gasteiger partial charge in [-0.15, -0.1) is 0 Å². The van der Waals surface area contributed by atoms with Gasteiger partial charge in [0.25, 0.3) is 0 Å². The second kappa shape index (κ2) is 4.90. The fourth-order valence-corrected chi connectivity index (χ4v) is 1.79. The molecule has 3 heteroatoms. The number of hydrogen-bond acceptors (Lipinski definition) is 3. The summed E-state index contributed by atoms with van der Waals surface area (Å²) in [7, 11) is 3.96. The first-order chi connectivity index (χ1) is 8.41. The van der Waals surface area contributed by atoms with E-state index in [2.05, 4.69) is 0 Å². The molecule has 1 atom stereocenters. The fourth-order valence-electron chi connectivity index (χ4n) is 1.79. The number of likely N-dealkylation sites (N-methyl/N-ethyl adjacent to an activating group) is 1. The predicted octanol–water partition coefficient (Wildman–Crippen LogP) is 2.60. The van der Waals surface area contributed by atoms with Gasteiger partial charge in [-0.25, -0.2) is 0 Å². The molecule has 3 nitrogen and oxygen atoms in total. The van der Waals surface area contributed by atoms with Gasteiger partial charge in [0.05, 0.1) is 12.2 Å². The van der Waals surface area contributed by atoms with Crippen LogP contribution in [0, 0.1) is 0 Å². The summed E-state index contributed by atoms with van der Waals surface area (Å²) in [6.45, 7) is 4.07. The van der Waals surface area contributed by atoms with Crippen LogP contribution >= 0.6 is 0 Å². The summed E-state index contributed by atoms with van der Waals surface area (Å²) in [5.41, 5.74) is 0.602. The molecule has 0 amide bonds. The molecule has 1 N–H and O–H groups in total. The van der Waals surface area contributed by atoms with Crippen LogP contribution in [0.5, 0.6) is 5.75 Å². The van der Waals surface area contributed by atoms with Crippen LogP contribution in [0.1, 0.15) is 38.4 Å². The van der Waals surface area contributed by atoms with Crippen LogP contribution in [0.15, 0.2) is 24.3 Å². The third kappa shape index (κ3) is 2.85. The molecule has 1 aromatic carbocycles. The normalized spacial score (nSPS) is 17.9. The molecular weight excluding hydrogens is 226 g/mol. The van der Waals surface area contributed by atoms with Crippen molar-refractivity contribution in [3.05, 3.63) is 29.8 Å². The molecule has 1 aliphatic rings. The van der Waals surface area contributed by atoms with Gasteiger partial charge in [-0.1, -0.05) is 12.1 Å². The Morgan fingerprint density at radius 2 is 2.00 bits per heavy atom. The maximum atomic E-state index is 10.5. The van der Waals surface area contributed by atoms with Gasteiger partial charge in [0.15, 0.2) is 0 Å². The summed E-state index contributed by atoms with van der Waals surface area (Å²) in [4.78, 5) is 2.03. The smallest absolute Gasteiger partial charge is 0.120 e. The van der Waals surface area contributed by atoms with E-state index in [1.165, 1.54) is 0 Å². The maximum absolute atomic E-state index is 10.5. The van der Waals surface area contributed by atoms with Crippen molar-refractivity contribution in [3.63, 3.8) is 0 Å². The van der Waals surface area contributed by atoms with E-state index >= 15 is 0 Å². The van der Waals surface area contributed by atoms with Gasteiger partial charge in [-0.05, 0) is 58.5 Å². The Labute approximate surface area is 109 Å². The lowest BCUT2D eigenvalue weighted by Gasteiger charge is -2.37. The van der Waals surface area contributed by atoms with Crippen molar-refractivity contribution in [1.29, 1.82) is 0 Å². The van der Waals surface area contributed by atoms with Crippen LogP contribution < -0.4 is 4.74 Å². The summed E-state index contributed by atoms with van der Waals surface area (Å²) in [6, 6.07) is 7.81. The molecule has 0 radical (unpaired) electrons. The SMILES string of the molecule is CN(C)C(C)(C)C(O)c1cccc(OC2CC2)c1. The molecule has 0 spiro atoms. The standard InChI is InChI=1S/C15H23NO2/c1-15(2,16(3)4)14(17)11-6-5-7-13(10-11)18-12-8-9-12/h5-7,10,12,14,17H,8-9H2,1-4H3. The van der Waals surface area contributed by atoms with Gasteiger partial charge < -0.3 is 14.7 Å². The summed E-state index contributed by atoms with van der Waals surface area (Å²) >= 11 is 0. The number of aliphatic hydroxyl groups excluding tert-OH is 1. The summed E-state index contributed by atoms with van der Waals surface area (Å²) < 4.78 is 5.76. The topological polar surface area (TPSA) is 32.7 Å². The van der Waals surface area contributed by atoms with E-state index in [4.69, 9.17) is 4.74 Å². The number of benzene rings is 1. The average Bonchev–Trinajstić information content (AvgIpc) is 3.12. The molecule has 0 saturated heterocycles. The molecule has 1 aliphatic carbocycles. The number of nitrogens with zero attached hydrogens (tertiary/aromatic N) is 1. The van der Waals surface area contributed by atoms with Crippen LogP contribution in [0.2, 0.25) is 0 Å². The Hall–Kier alpha value is -1.06. The zero-order chi connectivity index (χ0) is 13.3. The zero-order valence-electron chi connectivity index (χ0n) is 11.7. The summed E-state index contributed by atoms with van der Waals surface area (Å²) in [5.74, 6) is 0.864. The Morgan fingerprint density at radius 1 is 1.33 bits per heavy atom. The van der Waals surface area contributed by atoms with Crippen LogP contribution in [-0.2, 0) is 0 Å². The minimum atomic E-state index is -0.532. The quantitative estimate of drug-likeness (QED) is 0.870. The number of hydrogen-bond donors (Lipinski definition) is 1. The largest absolute Gasteiger partial charge is 0.490 e. The van der Waals surface area contributed by atoms with E-state index in [-0.39, 0.29) is 5.54 Å². The highest BCUT2D eigenvalue weighted by Gasteiger charge is 2.31. The summed E-state index contributed by atoms with van der Waals surface area (Å²) in [6.07, 6.45) is 2.15. The van der Waals surface area contributed by atoms with Crippen molar-refractivity contribution in [2.45, 2.75) is 44.4 Å². The fraction of sp³-hybridized carbons (Fsp3) is 0.600. The molecule has 0 bridgehead atoms. The van der Waals surface area contributed by atoms with Gasteiger partial charge in [0.2, 0.25) is 0 Å². The maximum Gasteiger partial charge on any atom is 0.120 e. The molecule has 1 fully saturated rings. The lowest BCUT2D eigenvalue weighted by atomic mass is 9.90. The molecule has 18 heavy (non-hydrogen) atoms. The molecule has 0 aromatic heterocycles. The Bertz CT molecular complexity index is 411. The number of rotatable bonds is 5. The third-order valence-corrected chi connectivity index (χ3v) is 3.82. The molecule has 0 aliphatic heterocycles. The first-order valence-electron chi connectivity index (χ1n) is 6.53. The van der Waals surface area contributed by atoms with Crippen LogP contribution in [0.25, 0.3) is 0 Å². The van der Waals surface area contributed by atoms with Crippen molar-refractivity contribution in [2.24, 2.45) is 0 Å². The van der Waals surface area contributed by atoms with Crippen LogP contribution in [0.4, 0.5) is 0 Å². The average molecular weight is 249 g/mol. The number of ether oxygens (including phenoxy) is 1. The van der Waals surface area contributed by atoms with Crippen molar-refractivity contribution in [2.75, 3.05) is 14.1 Å². The van der Waals surface area contributed by atoms with E-state index in [9.17, 15) is 5.11 Å². The molecule has 2 rings (SSSR count). The molecule has 1 unspecified atom stereocenters. The van der Waals surface area contributed by atoms with Gasteiger partial charge in [0, 0.05) is 5.54 Å². The van der Waals surface area contributed by atoms with E-state index in [1.807, 2.05) is 57.1 Å². The van der Waals surface area contributed by atoms with Crippen LogP contribution in [0.3, 0.4) is 0 Å². The highest BCUT2D eigenvalue weighted by atomic mass is 16.5. The first kappa shape index (κ1) is 13.4. The Balaban J connectivity index is 2.16. The van der Waals surface area contributed by atoms with Crippen molar-refractivity contribution >= 4 is 0 Å². The highest BCUT2D eigenvalue weighted by molar-refractivity contribution is 5.31. The lowest BCUT2D eigenvalue weighted by molar-refractivity contribution is 0.0162. The van der Waals surface area contributed by atoms with Gasteiger partial charge in [0.1, 0.15) is 5.75 Å². The van der Waals surface area contributed by atoms with E-state index in [1.54, 1.807) is 0 Å². The van der Waals surface area contributed by atoms with E-state index in [0.29, 0.717) is 6.10 Å². The van der Waals surface area contributed by atoms with Crippen LogP contribution in [-0.4, -0.2) is 35.7 Å². The summed E-state index contributed by atoms with van der Waals surface area (Å²) in [5, 5.41) is 10.5. The van der Waals surface area contributed by atoms with Gasteiger partial charge in [-0.2, -0.15) is 0 Å². The van der Waals surface area contributed by atoms with Crippen molar-refractivity contribution in [1.82, 2.24) is 4.90 Å². The minimum Gasteiger partial charge on any atom is -0.490 e. The minimum absolute atomic E-state index is 0.307. The molecule has 1 saturated carbocycles. The van der Waals surface area contributed by atoms with Crippen molar-refractivity contribution in [3.8, 4) is 5.75 Å². The van der Waals surface area contributed by atoms with E-state index < -0.39 is 6.10 Å². The van der Waals surface area contributed by atoms with E-state index in [0.717, 1.165) is 24.2 Å². The Morgan fingerprint density at radius 3 is 2.56 bits per heavy atom. The number of aliphatic hydroxyl groups is 1. The lowest BCUT2D eigenvalue weighted by Crippen LogP contribution is -2.43. The predicted molar refractivity (Wildman–Crippen MR) is 72.8 cm³/mol. The highest BCUT2D eigenvalue weighted by Crippen LogP contribution is 2.32.